The van der Waals surface area contributed by atoms with Crippen molar-refractivity contribution in [3.63, 3.8) is 0 Å². The number of benzene rings is 1. The zero-order valence-electron chi connectivity index (χ0n) is 16.6. The van der Waals surface area contributed by atoms with Gasteiger partial charge >= 0.3 is 0 Å². The molecule has 0 fully saturated rings. The predicted molar refractivity (Wildman–Crippen MR) is 108 cm³/mol. The standard InChI is InChI=1S/C18H21N5O5S/c1-10-8-12(15-16(19-10)23(4)21-18(15)25)17(24)20-11-6-7-13(28-5)14(9-11)29(26,27)22(2)3/h6-9H,1-5H3,(H,20,24)(H,21,25). The van der Waals surface area contributed by atoms with E-state index in [0.717, 1.165) is 4.31 Å². The topological polar surface area (TPSA) is 126 Å². The highest BCUT2D eigenvalue weighted by atomic mass is 32.2. The van der Waals surface area contributed by atoms with Crippen molar-refractivity contribution >= 4 is 32.7 Å². The third-order valence-electron chi connectivity index (χ3n) is 4.37. The van der Waals surface area contributed by atoms with Gasteiger partial charge in [-0.3, -0.25) is 19.4 Å². The zero-order chi connectivity index (χ0) is 21.5. The third kappa shape index (κ3) is 3.61. The summed E-state index contributed by atoms with van der Waals surface area (Å²) >= 11 is 0. The second-order valence-electron chi connectivity index (χ2n) is 6.62. The minimum atomic E-state index is -3.80. The summed E-state index contributed by atoms with van der Waals surface area (Å²) in [6.45, 7) is 1.71. The molecule has 0 saturated carbocycles. The molecule has 0 aliphatic heterocycles. The fourth-order valence-electron chi connectivity index (χ4n) is 2.91. The number of aromatic nitrogens is 3. The lowest BCUT2D eigenvalue weighted by Gasteiger charge is -2.16. The van der Waals surface area contributed by atoms with E-state index in [1.165, 1.54) is 50.2 Å². The molecule has 1 amide bonds. The molecule has 3 aromatic rings. The number of anilines is 1. The molecule has 2 aromatic heterocycles. The van der Waals surface area contributed by atoms with Crippen LogP contribution in [0.4, 0.5) is 5.69 Å². The number of amides is 1. The minimum absolute atomic E-state index is 0.0867. The van der Waals surface area contributed by atoms with Crippen LogP contribution >= 0.6 is 0 Å². The molecule has 2 N–H and O–H groups in total. The van der Waals surface area contributed by atoms with Crippen LogP contribution < -0.4 is 15.6 Å². The Hall–Kier alpha value is -3.18. The molecule has 11 heteroatoms. The van der Waals surface area contributed by atoms with Crippen molar-refractivity contribution in [2.24, 2.45) is 7.05 Å². The van der Waals surface area contributed by atoms with Gasteiger partial charge in [-0.05, 0) is 31.2 Å². The highest BCUT2D eigenvalue weighted by molar-refractivity contribution is 7.89. The lowest BCUT2D eigenvalue weighted by atomic mass is 10.1. The van der Waals surface area contributed by atoms with Crippen molar-refractivity contribution in [1.82, 2.24) is 19.1 Å². The van der Waals surface area contributed by atoms with E-state index in [1.807, 2.05) is 0 Å². The Bertz CT molecular complexity index is 1270. The van der Waals surface area contributed by atoms with E-state index in [2.05, 4.69) is 15.4 Å². The normalized spacial score (nSPS) is 11.8. The molecule has 2 heterocycles. The average molecular weight is 419 g/mol. The Kier molecular flexibility index (Phi) is 5.20. The molecule has 154 valence electrons. The number of hydrogen-bond acceptors (Lipinski definition) is 6. The van der Waals surface area contributed by atoms with E-state index in [0.29, 0.717) is 11.3 Å². The third-order valence-corrected chi connectivity index (χ3v) is 6.20. The molecule has 29 heavy (non-hydrogen) atoms. The Balaban J connectivity index is 2.07. The molecular formula is C18H21N5O5S. The smallest absolute Gasteiger partial charge is 0.274 e. The second-order valence-corrected chi connectivity index (χ2v) is 8.74. The molecule has 0 unspecified atom stereocenters. The van der Waals surface area contributed by atoms with Crippen molar-refractivity contribution in [2.75, 3.05) is 26.5 Å². The fraction of sp³-hybridized carbons (Fsp3) is 0.278. The number of ether oxygens (including phenoxy) is 1. The summed E-state index contributed by atoms with van der Waals surface area (Å²) in [4.78, 5) is 29.3. The van der Waals surface area contributed by atoms with Crippen LogP contribution in [0.3, 0.4) is 0 Å². The van der Waals surface area contributed by atoms with E-state index < -0.39 is 21.5 Å². The number of pyridine rings is 1. The van der Waals surface area contributed by atoms with Crippen molar-refractivity contribution in [3.8, 4) is 5.75 Å². The number of nitrogens with zero attached hydrogens (tertiary/aromatic N) is 3. The summed E-state index contributed by atoms with van der Waals surface area (Å²) in [7, 11) is 1.99. The molecule has 1 aromatic carbocycles. The molecular weight excluding hydrogens is 398 g/mol. The number of nitrogens with one attached hydrogen (secondary N) is 2. The Morgan fingerprint density at radius 2 is 1.97 bits per heavy atom. The summed E-state index contributed by atoms with van der Waals surface area (Å²) in [5.74, 6) is -0.408. The number of methoxy groups -OCH3 is 1. The second kappa shape index (κ2) is 7.33. The van der Waals surface area contributed by atoms with E-state index in [4.69, 9.17) is 4.74 Å². The predicted octanol–water partition coefficient (Wildman–Crippen LogP) is 1.08. The van der Waals surface area contributed by atoms with Gasteiger partial charge in [0.15, 0.2) is 5.65 Å². The fourth-order valence-corrected chi connectivity index (χ4v) is 3.99. The number of aryl methyl sites for hydroxylation is 2. The van der Waals surface area contributed by atoms with Gasteiger partial charge in [-0.25, -0.2) is 17.7 Å². The lowest BCUT2D eigenvalue weighted by Crippen LogP contribution is -2.23. The van der Waals surface area contributed by atoms with Crippen molar-refractivity contribution in [3.05, 3.63) is 45.9 Å². The van der Waals surface area contributed by atoms with Gasteiger partial charge in [0.25, 0.3) is 11.5 Å². The molecule has 0 saturated heterocycles. The molecule has 3 rings (SSSR count). The molecule has 0 bridgehead atoms. The molecule has 0 spiro atoms. The van der Waals surface area contributed by atoms with Crippen LogP contribution in [-0.4, -0.2) is 54.6 Å². The Morgan fingerprint density at radius 1 is 1.28 bits per heavy atom. The van der Waals surface area contributed by atoms with Crippen LogP contribution in [0.25, 0.3) is 11.0 Å². The first-order valence-electron chi connectivity index (χ1n) is 8.54. The van der Waals surface area contributed by atoms with Crippen LogP contribution in [0.5, 0.6) is 5.75 Å². The minimum Gasteiger partial charge on any atom is -0.495 e. The van der Waals surface area contributed by atoms with Crippen molar-refractivity contribution in [2.45, 2.75) is 11.8 Å². The van der Waals surface area contributed by atoms with Gasteiger partial charge < -0.3 is 10.1 Å². The number of aromatic amines is 1. The first-order valence-corrected chi connectivity index (χ1v) is 9.98. The van der Waals surface area contributed by atoms with Gasteiger partial charge in [0.05, 0.1) is 18.1 Å². The molecule has 0 radical (unpaired) electrons. The summed E-state index contributed by atoms with van der Waals surface area (Å²) in [6.07, 6.45) is 0. The number of rotatable bonds is 5. The Labute approximate surface area is 167 Å². The summed E-state index contributed by atoms with van der Waals surface area (Å²) < 4.78 is 32.8. The monoisotopic (exact) mass is 419 g/mol. The first kappa shape index (κ1) is 20.6. The van der Waals surface area contributed by atoms with Crippen LogP contribution in [0.15, 0.2) is 34.0 Å². The number of H-pyrrole nitrogens is 1. The highest BCUT2D eigenvalue weighted by Crippen LogP contribution is 2.29. The SMILES string of the molecule is COc1ccc(NC(=O)c2cc(C)nc3c2c(=O)[nH]n3C)cc1S(=O)(=O)N(C)C. The quantitative estimate of drug-likeness (QED) is 0.637. The number of sulfonamides is 1. The van der Waals surface area contributed by atoms with Gasteiger partial charge in [0, 0.05) is 32.5 Å². The van der Waals surface area contributed by atoms with E-state index in [-0.39, 0.29) is 27.3 Å². The maximum atomic E-state index is 12.9. The van der Waals surface area contributed by atoms with Crippen LogP contribution in [0.2, 0.25) is 0 Å². The van der Waals surface area contributed by atoms with E-state index in [1.54, 1.807) is 14.0 Å². The van der Waals surface area contributed by atoms with Gasteiger partial charge in [0.1, 0.15) is 10.6 Å². The number of carbonyl (C=O) groups excluding carboxylic acids is 1. The molecule has 0 aliphatic rings. The van der Waals surface area contributed by atoms with Gasteiger partial charge in [-0.15, -0.1) is 0 Å². The van der Waals surface area contributed by atoms with Crippen LogP contribution in [0.1, 0.15) is 16.1 Å². The summed E-state index contributed by atoms with van der Waals surface area (Å²) in [5, 5.41) is 5.38. The van der Waals surface area contributed by atoms with Crippen LogP contribution in [-0.2, 0) is 17.1 Å². The molecule has 10 nitrogen and oxygen atoms in total. The number of carbonyl (C=O) groups is 1. The van der Waals surface area contributed by atoms with Gasteiger partial charge in [-0.2, -0.15) is 0 Å². The Morgan fingerprint density at radius 3 is 2.59 bits per heavy atom. The average Bonchev–Trinajstić information content (AvgIpc) is 2.94. The summed E-state index contributed by atoms with van der Waals surface area (Å²) in [6, 6.07) is 5.79. The number of fused-ring (bicyclic) bond motifs is 1. The summed E-state index contributed by atoms with van der Waals surface area (Å²) in [5.41, 5.74) is 0.854. The van der Waals surface area contributed by atoms with Crippen LogP contribution in [0, 0.1) is 6.92 Å². The van der Waals surface area contributed by atoms with Crippen molar-refractivity contribution in [1.29, 1.82) is 0 Å². The first-order chi connectivity index (χ1) is 13.6. The highest BCUT2D eigenvalue weighted by Gasteiger charge is 2.24. The maximum absolute atomic E-state index is 12.9. The lowest BCUT2D eigenvalue weighted by molar-refractivity contribution is 0.102. The van der Waals surface area contributed by atoms with Gasteiger partial charge in [-0.1, -0.05) is 0 Å². The van der Waals surface area contributed by atoms with E-state index >= 15 is 0 Å². The zero-order valence-corrected chi connectivity index (χ0v) is 17.4. The molecule has 0 aliphatic carbocycles. The largest absolute Gasteiger partial charge is 0.495 e. The number of hydrogen-bond donors (Lipinski definition) is 2. The maximum Gasteiger partial charge on any atom is 0.274 e. The molecule has 0 atom stereocenters. The van der Waals surface area contributed by atoms with Crippen molar-refractivity contribution < 1.29 is 17.9 Å². The van der Waals surface area contributed by atoms with E-state index in [9.17, 15) is 18.0 Å². The van der Waals surface area contributed by atoms with Gasteiger partial charge in [0.2, 0.25) is 10.0 Å².